The average Bonchev–Trinajstić information content (AvgIpc) is 2.01. The summed E-state index contributed by atoms with van der Waals surface area (Å²) in [5.74, 6) is -4.47. The van der Waals surface area contributed by atoms with Crippen LogP contribution in [0.3, 0.4) is 0 Å². The van der Waals surface area contributed by atoms with Crippen LogP contribution in [0.5, 0.6) is 0 Å². The van der Waals surface area contributed by atoms with E-state index in [0.717, 1.165) is 0 Å². The van der Waals surface area contributed by atoms with E-state index in [4.69, 9.17) is 5.11 Å². The van der Waals surface area contributed by atoms with Gasteiger partial charge in [0.15, 0.2) is 5.92 Å². The molecule has 0 aromatic heterocycles. The third-order valence-electron chi connectivity index (χ3n) is 1.59. The van der Waals surface area contributed by atoms with Crippen molar-refractivity contribution < 1.29 is 32.6 Å². The number of aliphatic carboxylic acids is 1. The zero-order valence-corrected chi connectivity index (χ0v) is 8.00. The summed E-state index contributed by atoms with van der Waals surface area (Å²) in [6, 6.07) is 0. The lowest BCUT2D eigenvalue weighted by atomic mass is 10.0. The Hall–Kier alpha value is -1.27. The topological polar surface area (TPSA) is 63.6 Å². The van der Waals surface area contributed by atoms with Crippen molar-refractivity contribution in [1.29, 1.82) is 0 Å². The van der Waals surface area contributed by atoms with Crippen LogP contribution in [0.25, 0.3) is 0 Å². The van der Waals surface area contributed by atoms with Gasteiger partial charge < -0.3 is 9.84 Å². The van der Waals surface area contributed by atoms with Gasteiger partial charge in [-0.3, -0.25) is 9.59 Å². The van der Waals surface area contributed by atoms with E-state index >= 15 is 0 Å². The maximum absolute atomic E-state index is 11.8. The standard InChI is InChI=1S/C8H11F3O4/c1-2-15-7(14)5(6(12)13)3-4-8(9,10)11/h5H,2-4H2,1H3,(H,12,13). The number of rotatable bonds is 5. The van der Waals surface area contributed by atoms with Crippen molar-refractivity contribution in [2.45, 2.75) is 25.9 Å². The van der Waals surface area contributed by atoms with E-state index in [9.17, 15) is 22.8 Å². The van der Waals surface area contributed by atoms with Crippen LogP contribution in [0.15, 0.2) is 0 Å². The summed E-state index contributed by atoms with van der Waals surface area (Å²) in [5, 5.41) is 8.50. The molecular formula is C8H11F3O4. The first kappa shape index (κ1) is 13.7. The van der Waals surface area contributed by atoms with Gasteiger partial charge >= 0.3 is 18.1 Å². The van der Waals surface area contributed by atoms with Gasteiger partial charge in [0.2, 0.25) is 0 Å². The number of esters is 1. The monoisotopic (exact) mass is 228 g/mol. The molecule has 0 heterocycles. The summed E-state index contributed by atoms with van der Waals surface area (Å²) in [7, 11) is 0. The molecule has 0 aliphatic rings. The van der Waals surface area contributed by atoms with Gasteiger partial charge in [-0.05, 0) is 13.3 Å². The first-order valence-electron chi connectivity index (χ1n) is 4.24. The zero-order valence-electron chi connectivity index (χ0n) is 8.00. The van der Waals surface area contributed by atoms with Crippen LogP contribution in [0.4, 0.5) is 13.2 Å². The fourth-order valence-electron chi connectivity index (χ4n) is 0.893. The average molecular weight is 228 g/mol. The van der Waals surface area contributed by atoms with Crippen LogP contribution in [-0.2, 0) is 14.3 Å². The Morgan fingerprint density at radius 2 is 1.93 bits per heavy atom. The van der Waals surface area contributed by atoms with Crippen molar-refractivity contribution in [2.24, 2.45) is 5.92 Å². The summed E-state index contributed by atoms with van der Waals surface area (Å²) in [5.41, 5.74) is 0. The molecule has 7 heteroatoms. The number of carbonyl (C=O) groups excluding carboxylic acids is 1. The molecule has 0 aliphatic carbocycles. The Balaban J connectivity index is 4.29. The van der Waals surface area contributed by atoms with Crippen LogP contribution in [0.1, 0.15) is 19.8 Å². The van der Waals surface area contributed by atoms with Crippen molar-refractivity contribution in [2.75, 3.05) is 6.61 Å². The number of ether oxygens (including phenoxy) is 1. The van der Waals surface area contributed by atoms with E-state index in [1.54, 1.807) is 0 Å². The van der Waals surface area contributed by atoms with Gasteiger partial charge in [0, 0.05) is 6.42 Å². The van der Waals surface area contributed by atoms with Crippen LogP contribution in [-0.4, -0.2) is 29.8 Å². The van der Waals surface area contributed by atoms with Crippen molar-refractivity contribution in [3.8, 4) is 0 Å². The van der Waals surface area contributed by atoms with Gasteiger partial charge in [0.1, 0.15) is 0 Å². The lowest BCUT2D eigenvalue weighted by Gasteiger charge is -2.12. The van der Waals surface area contributed by atoms with Gasteiger partial charge in [-0.15, -0.1) is 0 Å². The van der Waals surface area contributed by atoms with Crippen molar-refractivity contribution in [1.82, 2.24) is 0 Å². The Kier molecular flexibility index (Phi) is 5.10. The molecule has 1 unspecified atom stereocenters. The van der Waals surface area contributed by atoms with E-state index in [1.165, 1.54) is 6.92 Å². The molecule has 0 saturated heterocycles. The largest absolute Gasteiger partial charge is 0.481 e. The van der Waals surface area contributed by atoms with Crippen molar-refractivity contribution >= 4 is 11.9 Å². The van der Waals surface area contributed by atoms with E-state index in [2.05, 4.69) is 4.74 Å². The molecule has 15 heavy (non-hydrogen) atoms. The minimum atomic E-state index is -4.47. The smallest absolute Gasteiger partial charge is 0.389 e. The fraction of sp³-hybridized carbons (Fsp3) is 0.750. The number of carboxylic acid groups (broad SMARTS) is 1. The summed E-state index contributed by atoms with van der Waals surface area (Å²) >= 11 is 0. The number of hydrogen-bond donors (Lipinski definition) is 1. The lowest BCUT2D eigenvalue weighted by Crippen LogP contribution is -2.27. The van der Waals surface area contributed by atoms with Crippen LogP contribution in [0.2, 0.25) is 0 Å². The highest BCUT2D eigenvalue weighted by atomic mass is 19.4. The first-order chi connectivity index (χ1) is 6.78. The third-order valence-corrected chi connectivity index (χ3v) is 1.59. The SMILES string of the molecule is CCOC(=O)C(CCC(F)(F)F)C(=O)O. The first-order valence-corrected chi connectivity index (χ1v) is 4.24. The number of carbonyl (C=O) groups is 2. The van der Waals surface area contributed by atoms with Crippen molar-refractivity contribution in [3.63, 3.8) is 0 Å². The predicted molar refractivity (Wildman–Crippen MR) is 43.0 cm³/mol. The van der Waals surface area contributed by atoms with Gasteiger partial charge in [0.25, 0.3) is 0 Å². The van der Waals surface area contributed by atoms with Gasteiger partial charge in [0.05, 0.1) is 6.61 Å². The number of halogens is 3. The van der Waals surface area contributed by atoms with Crippen molar-refractivity contribution in [3.05, 3.63) is 0 Å². The molecule has 0 saturated carbocycles. The molecule has 0 spiro atoms. The highest BCUT2D eigenvalue weighted by molar-refractivity contribution is 5.93. The second kappa shape index (κ2) is 5.57. The Labute approximate surface area is 84.0 Å². The number of hydrogen-bond acceptors (Lipinski definition) is 3. The van der Waals surface area contributed by atoms with Crippen LogP contribution in [0, 0.1) is 5.92 Å². The maximum atomic E-state index is 11.8. The molecule has 4 nitrogen and oxygen atoms in total. The van der Waals surface area contributed by atoms with E-state index < -0.39 is 36.9 Å². The zero-order chi connectivity index (χ0) is 12.1. The Bertz CT molecular complexity index is 237. The lowest BCUT2D eigenvalue weighted by molar-refractivity contribution is -0.163. The molecule has 0 bridgehead atoms. The minimum absolute atomic E-state index is 0.0609. The molecule has 0 amide bonds. The molecule has 1 atom stereocenters. The fourth-order valence-corrected chi connectivity index (χ4v) is 0.893. The third kappa shape index (κ3) is 5.92. The summed E-state index contributed by atoms with van der Waals surface area (Å²) in [6.07, 6.45) is -6.58. The predicted octanol–water partition coefficient (Wildman–Crippen LogP) is 1.59. The van der Waals surface area contributed by atoms with Gasteiger partial charge in [-0.25, -0.2) is 0 Å². The number of alkyl halides is 3. The molecule has 0 aliphatic heterocycles. The summed E-state index contributed by atoms with van der Waals surface area (Å²) in [4.78, 5) is 21.4. The molecule has 0 aromatic carbocycles. The summed E-state index contributed by atoms with van der Waals surface area (Å²) in [6.45, 7) is 1.38. The molecule has 0 radical (unpaired) electrons. The Morgan fingerprint density at radius 1 is 1.40 bits per heavy atom. The van der Waals surface area contributed by atoms with Gasteiger partial charge in [-0.1, -0.05) is 0 Å². The number of carboxylic acids is 1. The Morgan fingerprint density at radius 3 is 2.27 bits per heavy atom. The van der Waals surface area contributed by atoms with Crippen LogP contribution >= 0.6 is 0 Å². The van der Waals surface area contributed by atoms with E-state index in [0.29, 0.717) is 0 Å². The molecule has 0 rings (SSSR count). The molecule has 0 fully saturated rings. The quantitative estimate of drug-likeness (QED) is 0.573. The summed E-state index contributed by atoms with van der Waals surface area (Å²) < 4.78 is 39.7. The van der Waals surface area contributed by atoms with E-state index in [-0.39, 0.29) is 6.61 Å². The van der Waals surface area contributed by atoms with Gasteiger partial charge in [-0.2, -0.15) is 13.2 Å². The second-order valence-corrected chi connectivity index (χ2v) is 2.80. The van der Waals surface area contributed by atoms with Crippen LogP contribution < -0.4 is 0 Å². The molecule has 0 aromatic rings. The molecule has 88 valence electrons. The molecular weight excluding hydrogens is 217 g/mol. The normalized spacial score (nSPS) is 13.3. The van der Waals surface area contributed by atoms with E-state index in [1.807, 2.05) is 0 Å². The highest BCUT2D eigenvalue weighted by Crippen LogP contribution is 2.24. The maximum Gasteiger partial charge on any atom is 0.389 e. The molecule has 1 N–H and O–H groups in total. The second-order valence-electron chi connectivity index (χ2n) is 2.80. The minimum Gasteiger partial charge on any atom is -0.481 e. The highest BCUT2D eigenvalue weighted by Gasteiger charge is 2.34.